The van der Waals surface area contributed by atoms with E-state index in [0.29, 0.717) is 0 Å². The van der Waals surface area contributed by atoms with Crippen molar-refractivity contribution in [3.05, 3.63) is 23.8 Å². The zero-order chi connectivity index (χ0) is 7.56. The van der Waals surface area contributed by atoms with Gasteiger partial charge in [0.1, 0.15) is 0 Å². The number of thiol groups is 2. The van der Waals surface area contributed by atoms with E-state index in [1.165, 1.54) is 5.56 Å². The van der Waals surface area contributed by atoms with Crippen molar-refractivity contribution >= 4 is 41.2 Å². The summed E-state index contributed by atoms with van der Waals surface area (Å²) in [5, 5.41) is 0.847. The van der Waals surface area contributed by atoms with Crippen molar-refractivity contribution < 1.29 is 0 Å². The Hall–Kier alpha value is 0.400. The van der Waals surface area contributed by atoms with Crippen LogP contribution in [0.15, 0.2) is 28.0 Å². The molecule has 0 radical (unpaired) electrons. The van der Waals surface area contributed by atoms with Crippen molar-refractivity contribution in [3.63, 3.8) is 0 Å². The Kier molecular flexibility index (Phi) is 3.14. The molecule has 0 aromatic heterocycles. The van der Waals surface area contributed by atoms with Crippen molar-refractivity contribution in [3.8, 4) is 0 Å². The highest BCUT2D eigenvalue weighted by Gasteiger charge is 1.95. The molecule has 0 heterocycles. The van der Waals surface area contributed by atoms with Gasteiger partial charge in [-0.2, -0.15) is 0 Å². The Morgan fingerprint density at radius 1 is 1.30 bits per heavy atom. The maximum absolute atomic E-state index is 4.27. The molecule has 0 aliphatic rings. The third-order valence-electron chi connectivity index (χ3n) is 1.21. The molecule has 1 aromatic carbocycles. The third kappa shape index (κ3) is 1.94. The molecular formula is C7H7BrS2. The summed E-state index contributed by atoms with van der Waals surface area (Å²) in [7, 11) is 0. The molecule has 54 valence electrons. The Morgan fingerprint density at radius 3 is 2.50 bits per heavy atom. The highest BCUT2D eigenvalue weighted by molar-refractivity contribution is 9.08. The molecule has 0 amide bonds. The highest BCUT2D eigenvalue weighted by Crippen LogP contribution is 2.19. The summed E-state index contributed by atoms with van der Waals surface area (Å²) in [4.78, 5) is 1.94. The Morgan fingerprint density at radius 2 is 2.00 bits per heavy atom. The van der Waals surface area contributed by atoms with Crippen LogP contribution in [0, 0.1) is 0 Å². The largest absolute Gasteiger partial charge is 0.143 e. The molecule has 0 aliphatic heterocycles. The fraction of sp³-hybridized carbons (Fsp3) is 0.143. The van der Waals surface area contributed by atoms with Gasteiger partial charge in [0, 0.05) is 15.1 Å². The summed E-state index contributed by atoms with van der Waals surface area (Å²) in [6.07, 6.45) is 0. The Balaban J connectivity index is 3.07. The van der Waals surface area contributed by atoms with E-state index in [9.17, 15) is 0 Å². The summed E-state index contributed by atoms with van der Waals surface area (Å²) in [6.45, 7) is 0. The van der Waals surface area contributed by atoms with Crippen LogP contribution in [0.5, 0.6) is 0 Å². The quantitative estimate of drug-likeness (QED) is 0.542. The van der Waals surface area contributed by atoms with Gasteiger partial charge in [0.05, 0.1) is 0 Å². The van der Waals surface area contributed by atoms with Crippen molar-refractivity contribution in [1.82, 2.24) is 0 Å². The minimum absolute atomic E-state index is 0.847. The zero-order valence-corrected chi connectivity index (χ0v) is 8.59. The first-order valence-electron chi connectivity index (χ1n) is 2.81. The Bertz CT molecular complexity index is 235. The number of hydrogen-bond donors (Lipinski definition) is 2. The summed E-state index contributed by atoms with van der Waals surface area (Å²) in [5.41, 5.74) is 1.20. The molecule has 0 fully saturated rings. The molecule has 1 aromatic rings. The highest BCUT2D eigenvalue weighted by atomic mass is 79.9. The summed E-state index contributed by atoms with van der Waals surface area (Å²) in [6, 6.07) is 5.90. The van der Waals surface area contributed by atoms with Gasteiger partial charge in [-0.15, -0.1) is 25.3 Å². The standard InChI is InChI=1S/C7H7BrS2/c8-4-5-1-2-6(9)3-7(5)10/h1-3,9-10H,4H2. The number of rotatable bonds is 1. The molecule has 3 heteroatoms. The lowest BCUT2D eigenvalue weighted by molar-refractivity contribution is 1.23. The van der Waals surface area contributed by atoms with E-state index in [4.69, 9.17) is 0 Å². The molecule has 0 bridgehead atoms. The summed E-state index contributed by atoms with van der Waals surface area (Å²) < 4.78 is 0. The van der Waals surface area contributed by atoms with Crippen LogP contribution < -0.4 is 0 Å². The molecule has 1 rings (SSSR count). The fourth-order valence-electron chi connectivity index (χ4n) is 0.665. The molecule has 0 saturated heterocycles. The first-order valence-corrected chi connectivity index (χ1v) is 4.82. The molecular weight excluding hydrogens is 228 g/mol. The average molecular weight is 235 g/mol. The fourth-order valence-corrected chi connectivity index (χ4v) is 1.97. The summed E-state index contributed by atoms with van der Waals surface area (Å²) >= 11 is 11.8. The second kappa shape index (κ2) is 3.69. The lowest BCUT2D eigenvalue weighted by Crippen LogP contribution is -1.79. The maximum atomic E-state index is 4.27. The van der Waals surface area contributed by atoms with Crippen LogP contribution in [0.3, 0.4) is 0 Å². The first kappa shape index (κ1) is 8.50. The van der Waals surface area contributed by atoms with Gasteiger partial charge in [-0.3, -0.25) is 0 Å². The monoisotopic (exact) mass is 234 g/mol. The van der Waals surface area contributed by atoms with Crippen molar-refractivity contribution in [1.29, 1.82) is 0 Å². The topological polar surface area (TPSA) is 0 Å². The van der Waals surface area contributed by atoms with Crippen LogP contribution >= 0.6 is 41.2 Å². The van der Waals surface area contributed by atoms with Gasteiger partial charge in [-0.1, -0.05) is 22.0 Å². The van der Waals surface area contributed by atoms with Crippen molar-refractivity contribution in [2.45, 2.75) is 15.1 Å². The minimum Gasteiger partial charge on any atom is -0.143 e. The van der Waals surface area contributed by atoms with E-state index in [-0.39, 0.29) is 0 Å². The van der Waals surface area contributed by atoms with Crippen LogP contribution in [-0.2, 0) is 5.33 Å². The molecule has 0 spiro atoms. The molecule has 0 saturated carbocycles. The van der Waals surface area contributed by atoms with Crippen LogP contribution in [-0.4, -0.2) is 0 Å². The molecule has 0 N–H and O–H groups in total. The SMILES string of the molecule is Sc1ccc(CBr)c(S)c1. The maximum Gasteiger partial charge on any atom is 0.0294 e. The van der Waals surface area contributed by atoms with Gasteiger partial charge in [0.15, 0.2) is 0 Å². The lowest BCUT2D eigenvalue weighted by Gasteiger charge is -1.99. The van der Waals surface area contributed by atoms with Gasteiger partial charge in [-0.25, -0.2) is 0 Å². The Labute approximate surface area is 80.0 Å². The number of hydrogen-bond acceptors (Lipinski definition) is 2. The average Bonchev–Trinajstić information content (AvgIpc) is 1.88. The van der Waals surface area contributed by atoms with Crippen molar-refractivity contribution in [2.75, 3.05) is 0 Å². The van der Waals surface area contributed by atoms with E-state index in [1.807, 2.05) is 18.2 Å². The van der Waals surface area contributed by atoms with E-state index >= 15 is 0 Å². The number of halogens is 1. The van der Waals surface area contributed by atoms with Gasteiger partial charge in [-0.05, 0) is 17.7 Å². The van der Waals surface area contributed by atoms with E-state index < -0.39 is 0 Å². The lowest BCUT2D eigenvalue weighted by atomic mass is 10.2. The molecule has 0 aliphatic carbocycles. The van der Waals surface area contributed by atoms with Crippen molar-refractivity contribution in [2.24, 2.45) is 0 Å². The van der Waals surface area contributed by atoms with Gasteiger partial charge in [0.25, 0.3) is 0 Å². The van der Waals surface area contributed by atoms with E-state index in [0.717, 1.165) is 15.1 Å². The number of alkyl halides is 1. The molecule has 10 heavy (non-hydrogen) atoms. The van der Waals surface area contributed by atoms with E-state index in [2.05, 4.69) is 41.2 Å². The third-order valence-corrected chi connectivity index (χ3v) is 2.51. The van der Waals surface area contributed by atoms with Crippen LogP contribution in [0.4, 0.5) is 0 Å². The predicted octanol–water partition coefficient (Wildman–Crippen LogP) is 3.16. The second-order valence-electron chi connectivity index (χ2n) is 1.95. The molecule has 0 nitrogen and oxygen atoms in total. The van der Waals surface area contributed by atoms with Crippen LogP contribution in [0.2, 0.25) is 0 Å². The van der Waals surface area contributed by atoms with Gasteiger partial charge in [0.2, 0.25) is 0 Å². The summed E-state index contributed by atoms with van der Waals surface area (Å²) in [5.74, 6) is 0. The van der Waals surface area contributed by atoms with Crippen LogP contribution in [0.25, 0.3) is 0 Å². The van der Waals surface area contributed by atoms with E-state index in [1.54, 1.807) is 0 Å². The zero-order valence-electron chi connectivity index (χ0n) is 5.21. The van der Waals surface area contributed by atoms with Gasteiger partial charge < -0.3 is 0 Å². The molecule has 0 unspecified atom stereocenters. The van der Waals surface area contributed by atoms with Crippen LogP contribution in [0.1, 0.15) is 5.56 Å². The number of benzene rings is 1. The second-order valence-corrected chi connectivity index (χ2v) is 3.51. The smallest absolute Gasteiger partial charge is 0.0294 e. The predicted molar refractivity (Wildman–Crippen MR) is 53.6 cm³/mol. The normalized spacial score (nSPS) is 9.90. The first-order chi connectivity index (χ1) is 4.74. The minimum atomic E-state index is 0.847. The van der Waals surface area contributed by atoms with Gasteiger partial charge >= 0.3 is 0 Å². The molecule has 0 atom stereocenters.